The number of allylic oxidation sites excluding steroid dienone is 1. The molecule has 0 radical (unpaired) electrons. The summed E-state index contributed by atoms with van der Waals surface area (Å²) in [7, 11) is 0. The normalized spacial score (nSPS) is 12.9. The average Bonchev–Trinajstić information content (AvgIpc) is 2.92. The van der Waals surface area contributed by atoms with E-state index in [-0.39, 0.29) is 0 Å². The van der Waals surface area contributed by atoms with Crippen molar-refractivity contribution in [3.8, 4) is 22.3 Å². The molecule has 0 aliphatic heterocycles. The Labute approximate surface area is 198 Å². The lowest BCUT2D eigenvalue weighted by Crippen LogP contribution is -1.99. The van der Waals surface area contributed by atoms with Gasteiger partial charge < -0.3 is 0 Å². The molecule has 0 atom stereocenters. The summed E-state index contributed by atoms with van der Waals surface area (Å²) in [5.41, 5.74) is 9.72. The van der Waals surface area contributed by atoms with Crippen LogP contribution in [0.4, 0.5) is 0 Å². The SMILES string of the molecule is C1=Cc2ccc3c(-c4cccc(-c5ccncc5)c4)c4ccc5ccccc5c4nc3c2CC1. The molecule has 0 saturated carbocycles. The van der Waals surface area contributed by atoms with Gasteiger partial charge in [-0.3, -0.25) is 4.98 Å². The van der Waals surface area contributed by atoms with Gasteiger partial charge in [-0.15, -0.1) is 0 Å². The summed E-state index contributed by atoms with van der Waals surface area (Å²) >= 11 is 0. The minimum Gasteiger partial charge on any atom is -0.265 e. The van der Waals surface area contributed by atoms with Crippen LogP contribution in [-0.2, 0) is 6.42 Å². The van der Waals surface area contributed by atoms with Crippen LogP contribution >= 0.6 is 0 Å². The fraction of sp³-hybridized carbons (Fsp3) is 0.0625. The van der Waals surface area contributed by atoms with Crippen LogP contribution in [0.15, 0.2) is 103 Å². The first-order valence-electron chi connectivity index (χ1n) is 11.8. The van der Waals surface area contributed by atoms with Crippen LogP contribution in [0.25, 0.3) is 60.9 Å². The third kappa shape index (κ3) is 2.96. The standard InChI is InChI=1S/C32H22N2/c1-3-10-26-22(6-1)12-14-28-30(25-9-5-8-24(20-25)21-16-18-33-19-17-21)29-15-13-23-7-2-4-11-27(23)32(29)34-31(26)28/h1-3,5-10,12-20H,4,11H2. The van der Waals surface area contributed by atoms with Gasteiger partial charge in [0.25, 0.3) is 0 Å². The zero-order valence-electron chi connectivity index (χ0n) is 18.7. The molecule has 0 amide bonds. The highest BCUT2D eigenvalue weighted by atomic mass is 14.7. The second-order valence-corrected chi connectivity index (χ2v) is 8.96. The number of fused-ring (bicyclic) bond motifs is 6. The Morgan fingerprint density at radius 2 is 1.44 bits per heavy atom. The first-order valence-corrected chi connectivity index (χ1v) is 11.8. The molecule has 2 nitrogen and oxygen atoms in total. The van der Waals surface area contributed by atoms with Crippen molar-refractivity contribution in [3.05, 3.63) is 115 Å². The topological polar surface area (TPSA) is 25.8 Å². The van der Waals surface area contributed by atoms with Crippen molar-refractivity contribution in [1.29, 1.82) is 0 Å². The summed E-state index contributed by atoms with van der Waals surface area (Å²) in [6.45, 7) is 0. The summed E-state index contributed by atoms with van der Waals surface area (Å²) in [4.78, 5) is 9.53. The van der Waals surface area contributed by atoms with Crippen molar-refractivity contribution in [2.75, 3.05) is 0 Å². The van der Waals surface area contributed by atoms with Crippen molar-refractivity contribution in [3.63, 3.8) is 0 Å². The Kier molecular flexibility index (Phi) is 4.31. The zero-order valence-corrected chi connectivity index (χ0v) is 18.7. The summed E-state index contributed by atoms with van der Waals surface area (Å²) in [6, 6.07) is 30.6. The molecule has 0 fully saturated rings. The van der Waals surface area contributed by atoms with E-state index in [4.69, 9.17) is 4.98 Å². The fourth-order valence-corrected chi connectivity index (χ4v) is 5.38. The Morgan fingerprint density at radius 1 is 0.618 bits per heavy atom. The molecule has 0 saturated heterocycles. The lowest BCUT2D eigenvalue weighted by molar-refractivity contribution is 0.993. The van der Waals surface area contributed by atoms with Crippen molar-refractivity contribution in [2.45, 2.75) is 12.8 Å². The fourth-order valence-electron chi connectivity index (χ4n) is 5.38. The van der Waals surface area contributed by atoms with Gasteiger partial charge in [-0.05, 0) is 64.2 Å². The van der Waals surface area contributed by atoms with Crippen LogP contribution in [0, 0.1) is 0 Å². The maximum atomic E-state index is 5.34. The van der Waals surface area contributed by atoms with Crippen LogP contribution in [0.2, 0.25) is 0 Å². The predicted molar refractivity (Wildman–Crippen MR) is 143 cm³/mol. The van der Waals surface area contributed by atoms with Gasteiger partial charge in [-0.1, -0.05) is 78.9 Å². The van der Waals surface area contributed by atoms with Gasteiger partial charge in [0.2, 0.25) is 0 Å². The van der Waals surface area contributed by atoms with E-state index in [0.717, 1.165) is 23.9 Å². The third-order valence-corrected chi connectivity index (χ3v) is 7.01. The van der Waals surface area contributed by atoms with E-state index in [1.165, 1.54) is 54.9 Å². The maximum Gasteiger partial charge on any atom is 0.0794 e. The summed E-state index contributed by atoms with van der Waals surface area (Å²) in [6.07, 6.45) is 10.3. The molecule has 0 N–H and O–H groups in total. The molecule has 0 spiro atoms. The quantitative estimate of drug-likeness (QED) is 0.203. The van der Waals surface area contributed by atoms with Crippen molar-refractivity contribution >= 4 is 38.7 Å². The Balaban J connectivity index is 1.62. The van der Waals surface area contributed by atoms with E-state index in [1.54, 1.807) is 0 Å². The van der Waals surface area contributed by atoms with Crippen molar-refractivity contribution in [1.82, 2.24) is 9.97 Å². The molecule has 2 aromatic heterocycles. The number of nitrogens with zero attached hydrogens (tertiary/aromatic N) is 2. The van der Waals surface area contributed by atoms with Gasteiger partial charge in [0, 0.05) is 34.1 Å². The highest BCUT2D eigenvalue weighted by Crippen LogP contribution is 2.41. The predicted octanol–water partition coefficient (Wildman–Crippen LogP) is 8.23. The van der Waals surface area contributed by atoms with Gasteiger partial charge in [-0.25, -0.2) is 4.98 Å². The number of aromatic nitrogens is 2. The molecule has 7 rings (SSSR count). The minimum absolute atomic E-state index is 1.03. The maximum absolute atomic E-state index is 5.34. The third-order valence-electron chi connectivity index (χ3n) is 7.01. The van der Waals surface area contributed by atoms with E-state index in [2.05, 4.69) is 102 Å². The van der Waals surface area contributed by atoms with Crippen LogP contribution in [-0.4, -0.2) is 9.97 Å². The summed E-state index contributed by atoms with van der Waals surface area (Å²) in [5, 5.41) is 4.86. The first kappa shape index (κ1) is 19.2. The molecule has 1 aliphatic carbocycles. The molecule has 160 valence electrons. The second kappa shape index (κ2) is 7.64. The highest BCUT2D eigenvalue weighted by Gasteiger charge is 2.18. The molecule has 34 heavy (non-hydrogen) atoms. The van der Waals surface area contributed by atoms with E-state index in [1.807, 2.05) is 12.4 Å². The summed E-state index contributed by atoms with van der Waals surface area (Å²) in [5.74, 6) is 0. The van der Waals surface area contributed by atoms with Crippen LogP contribution in [0.3, 0.4) is 0 Å². The number of pyridine rings is 2. The lowest BCUT2D eigenvalue weighted by Gasteiger charge is -2.18. The van der Waals surface area contributed by atoms with Gasteiger partial charge in [-0.2, -0.15) is 0 Å². The molecule has 6 aromatic rings. The number of hydrogen-bond donors (Lipinski definition) is 0. The second-order valence-electron chi connectivity index (χ2n) is 8.96. The zero-order chi connectivity index (χ0) is 22.5. The minimum atomic E-state index is 1.03. The van der Waals surface area contributed by atoms with E-state index >= 15 is 0 Å². The van der Waals surface area contributed by atoms with E-state index < -0.39 is 0 Å². The largest absolute Gasteiger partial charge is 0.265 e. The van der Waals surface area contributed by atoms with E-state index in [9.17, 15) is 0 Å². The van der Waals surface area contributed by atoms with Gasteiger partial charge in [0.05, 0.1) is 11.0 Å². The molecular weight excluding hydrogens is 412 g/mol. The Morgan fingerprint density at radius 3 is 2.38 bits per heavy atom. The molecule has 1 aliphatic rings. The van der Waals surface area contributed by atoms with E-state index in [0.29, 0.717) is 0 Å². The van der Waals surface area contributed by atoms with Gasteiger partial charge in [0.15, 0.2) is 0 Å². The average molecular weight is 435 g/mol. The monoisotopic (exact) mass is 434 g/mol. The smallest absolute Gasteiger partial charge is 0.0794 e. The molecular formula is C32H22N2. The van der Waals surface area contributed by atoms with Crippen LogP contribution in [0.1, 0.15) is 17.5 Å². The molecule has 0 bridgehead atoms. The number of aryl methyl sites for hydroxylation is 1. The molecule has 2 heteroatoms. The first-order chi connectivity index (χ1) is 16.9. The number of benzene rings is 4. The van der Waals surface area contributed by atoms with Crippen LogP contribution in [0.5, 0.6) is 0 Å². The number of hydrogen-bond acceptors (Lipinski definition) is 2. The van der Waals surface area contributed by atoms with Crippen molar-refractivity contribution < 1.29 is 0 Å². The summed E-state index contributed by atoms with van der Waals surface area (Å²) < 4.78 is 0. The van der Waals surface area contributed by atoms with Gasteiger partial charge in [0.1, 0.15) is 0 Å². The Bertz CT molecular complexity index is 1750. The molecule has 2 heterocycles. The highest BCUT2D eigenvalue weighted by molar-refractivity contribution is 6.17. The molecule has 0 unspecified atom stereocenters. The van der Waals surface area contributed by atoms with Crippen molar-refractivity contribution in [2.24, 2.45) is 0 Å². The lowest BCUT2D eigenvalue weighted by atomic mass is 9.88. The number of rotatable bonds is 2. The van der Waals surface area contributed by atoms with Gasteiger partial charge >= 0.3 is 0 Å². The Hall–Kier alpha value is -4.30. The molecule has 4 aromatic carbocycles. The van der Waals surface area contributed by atoms with Crippen LogP contribution < -0.4 is 0 Å².